The van der Waals surface area contributed by atoms with E-state index >= 15 is 0 Å². The molecule has 2 atom stereocenters. The lowest BCUT2D eigenvalue weighted by molar-refractivity contribution is 0.0767. The summed E-state index contributed by atoms with van der Waals surface area (Å²) in [6, 6.07) is 29.9. The van der Waals surface area contributed by atoms with Gasteiger partial charge in [-0.15, -0.1) is 0 Å². The summed E-state index contributed by atoms with van der Waals surface area (Å²) in [4.78, 5) is 23.9. The fraction of sp³-hybridized carbons (Fsp3) is 0.304. The Balaban J connectivity index is 0.880. The number of anilines is 2. The number of aliphatic imine (C=N–C) groups is 2. The molecule has 8 nitrogen and oxygen atoms in total. The number of ether oxygens (including phenoxy) is 2. The van der Waals surface area contributed by atoms with Crippen molar-refractivity contribution in [2.45, 2.75) is 75.7 Å². The van der Waals surface area contributed by atoms with Crippen molar-refractivity contribution in [2.75, 3.05) is 22.9 Å². The van der Waals surface area contributed by atoms with Crippen molar-refractivity contribution in [1.82, 2.24) is 9.97 Å². The molecule has 8 heteroatoms. The van der Waals surface area contributed by atoms with Crippen LogP contribution in [0.15, 0.2) is 120 Å². The molecule has 0 saturated heterocycles. The van der Waals surface area contributed by atoms with Crippen molar-refractivity contribution < 1.29 is 9.47 Å². The van der Waals surface area contributed by atoms with E-state index in [1.165, 1.54) is 22.5 Å². The first-order valence-electron chi connectivity index (χ1n) is 19.2. The molecule has 0 bridgehead atoms. The van der Waals surface area contributed by atoms with Gasteiger partial charge in [0.05, 0.1) is 23.3 Å². The zero-order chi connectivity index (χ0) is 36.7. The molecule has 54 heavy (non-hydrogen) atoms. The van der Waals surface area contributed by atoms with Crippen LogP contribution < -0.4 is 19.3 Å². The van der Waals surface area contributed by atoms with Gasteiger partial charge in [0.2, 0.25) is 11.4 Å². The van der Waals surface area contributed by atoms with E-state index in [4.69, 9.17) is 19.5 Å². The van der Waals surface area contributed by atoms with Crippen LogP contribution in [0.25, 0.3) is 21.5 Å². The molecular weight excluding hydrogens is 669 g/mol. The van der Waals surface area contributed by atoms with Gasteiger partial charge in [-0.1, -0.05) is 61.4 Å². The third kappa shape index (κ3) is 4.49. The van der Waals surface area contributed by atoms with Crippen LogP contribution in [0.3, 0.4) is 0 Å². The molecule has 0 saturated carbocycles. The topological polar surface area (TPSA) is 75.4 Å². The summed E-state index contributed by atoms with van der Waals surface area (Å²) in [5, 5.41) is 4.23. The fourth-order valence-electron chi connectivity index (χ4n) is 9.56. The Morgan fingerprint density at radius 2 is 0.963 bits per heavy atom. The number of benzene rings is 4. The molecule has 6 heterocycles. The number of unbranched alkanes of at least 4 members (excludes halogenated alkanes) is 3. The van der Waals surface area contributed by atoms with Gasteiger partial charge in [-0.2, -0.15) is 0 Å². The van der Waals surface area contributed by atoms with Crippen molar-refractivity contribution >= 4 is 56.7 Å². The van der Waals surface area contributed by atoms with Crippen LogP contribution >= 0.6 is 0 Å². The van der Waals surface area contributed by atoms with Crippen molar-refractivity contribution in [1.29, 1.82) is 0 Å². The minimum atomic E-state index is -0.744. The highest BCUT2D eigenvalue weighted by atomic mass is 16.5. The molecule has 0 aliphatic carbocycles. The Kier molecular flexibility index (Phi) is 7.22. The zero-order valence-electron chi connectivity index (χ0n) is 31.3. The third-order valence-corrected chi connectivity index (χ3v) is 12.6. The molecule has 10 rings (SSSR count). The summed E-state index contributed by atoms with van der Waals surface area (Å²) < 4.78 is 14.2. The number of hydrogen-bond acceptors (Lipinski definition) is 8. The van der Waals surface area contributed by atoms with Gasteiger partial charge in [-0.05, 0) is 98.8 Å². The average Bonchev–Trinajstić information content (AvgIpc) is 3.49. The van der Waals surface area contributed by atoms with Crippen molar-refractivity contribution in [2.24, 2.45) is 9.98 Å². The van der Waals surface area contributed by atoms with Crippen LogP contribution in [0, 0.1) is 0 Å². The highest BCUT2D eigenvalue weighted by Gasteiger charge is 2.61. The smallest absolute Gasteiger partial charge is 0.228 e. The van der Waals surface area contributed by atoms with Gasteiger partial charge >= 0.3 is 0 Å². The fourth-order valence-corrected chi connectivity index (χ4v) is 9.56. The Bertz CT molecular complexity index is 2350. The Labute approximate surface area is 316 Å². The monoisotopic (exact) mass is 712 g/mol. The highest BCUT2D eigenvalue weighted by Crippen LogP contribution is 2.56. The predicted molar refractivity (Wildman–Crippen MR) is 219 cm³/mol. The molecule has 2 aromatic heterocycles. The first-order valence-corrected chi connectivity index (χ1v) is 19.2. The molecule has 2 spiro atoms. The second kappa shape index (κ2) is 11.9. The summed E-state index contributed by atoms with van der Waals surface area (Å²) >= 11 is 0. The van der Waals surface area contributed by atoms with Crippen LogP contribution in [0.5, 0.6) is 11.5 Å². The molecule has 4 aliphatic heterocycles. The molecular formula is C46H44N6O2. The second-order valence-electron chi connectivity index (χ2n) is 16.1. The number of rotatable bonds is 7. The van der Waals surface area contributed by atoms with Gasteiger partial charge in [-0.3, -0.25) is 20.0 Å². The highest BCUT2D eigenvalue weighted by molar-refractivity contribution is 6.00. The van der Waals surface area contributed by atoms with Gasteiger partial charge in [0.15, 0.2) is 0 Å². The SMILES string of the molecule is CC1(C)c2ccccc2N(CCCCCCN2c3ccccc3C(C)(C)C23C=Nc2c(ccc4ccncc24)O3)C12C=Nc1c(ccc3ccncc13)O2. The Morgan fingerprint density at radius 1 is 0.519 bits per heavy atom. The number of hydrogen-bond donors (Lipinski definition) is 0. The quantitative estimate of drug-likeness (QED) is 0.153. The average molecular weight is 713 g/mol. The van der Waals surface area contributed by atoms with Crippen molar-refractivity contribution in [3.05, 3.63) is 121 Å². The van der Waals surface area contributed by atoms with Crippen LogP contribution in [0.1, 0.15) is 64.5 Å². The summed E-state index contributed by atoms with van der Waals surface area (Å²) in [7, 11) is 0. The first kappa shape index (κ1) is 32.9. The maximum absolute atomic E-state index is 7.12. The number of para-hydroxylation sites is 2. The number of aromatic nitrogens is 2. The van der Waals surface area contributed by atoms with E-state index in [0.717, 1.165) is 83.2 Å². The van der Waals surface area contributed by atoms with E-state index in [2.05, 4.69) is 133 Å². The molecule has 4 aromatic carbocycles. The molecule has 6 aromatic rings. The van der Waals surface area contributed by atoms with Gasteiger partial charge in [0.1, 0.15) is 22.9 Å². The van der Waals surface area contributed by atoms with E-state index in [1.807, 2.05) is 36.9 Å². The molecule has 0 amide bonds. The normalized spacial score (nSPS) is 22.3. The van der Waals surface area contributed by atoms with Crippen LogP contribution in [-0.4, -0.2) is 46.9 Å². The molecule has 270 valence electrons. The summed E-state index contributed by atoms with van der Waals surface area (Å²) in [6.45, 7) is 10.8. The van der Waals surface area contributed by atoms with E-state index in [1.54, 1.807) is 0 Å². The van der Waals surface area contributed by atoms with Crippen molar-refractivity contribution in [3.63, 3.8) is 0 Å². The second-order valence-corrected chi connectivity index (χ2v) is 16.1. The maximum Gasteiger partial charge on any atom is 0.228 e. The van der Waals surface area contributed by atoms with Gasteiger partial charge in [-0.25, -0.2) is 0 Å². The lowest BCUT2D eigenvalue weighted by Gasteiger charge is -2.46. The van der Waals surface area contributed by atoms with Gasteiger partial charge in [0, 0.05) is 60.0 Å². The summed E-state index contributed by atoms with van der Waals surface area (Å²) in [5.74, 6) is 1.60. The van der Waals surface area contributed by atoms with E-state index < -0.39 is 11.4 Å². The third-order valence-electron chi connectivity index (χ3n) is 12.6. The van der Waals surface area contributed by atoms with E-state index in [9.17, 15) is 0 Å². The number of fused-ring (bicyclic) bond motifs is 8. The first-order chi connectivity index (χ1) is 26.3. The van der Waals surface area contributed by atoms with Crippen molar-refractivity contribution in [3.8, 4) is 11.5 Å². The standard InChI is InChI=1S/C46H44N6O2/c1-43(2)35-13-7-9-15-37(35)51(45(43)29-49-41-33-27-47-23-21-31(33)17-19-39(41)53-45)25-11-5-6-12-26-52-38-16-10-8-14-36(38)44(3,4)46(52)30-50-42-34-28-48-24-22-32(34)18-20-40(42)54-46/h7-10,13-24,27-30H,5-6,11-12,25-26H2,1-4H3. The molecule has 4 aliphatic rings. The molecule has 0 radical (unpaired) electrons. The van der Waals surface area contributed by atoms with Crippen LogP contribution in [-0.2, 0) is 10.8 Å². The number of nitrogens with zero attached hydrogens (tertiary/aromatic N) is 6. The number of pyridine rings is 2. The van der Waals surface area contributed by atoms with Gasteiger partial charge < -0.3 is 19.3 Å². The van der Waals surface area contributed by atoms with E-state index in [0.29, 0.717) is 0 Å². The molecule has 2 unspecified atom stereocenters. The van der Waals surface area contributed by atoms with Gasteiger partial charge in [0.25, 0.3) is 0 Å². The van der Waals surface area contributed by atoms with E-state index in [-0.39, 0.29) is 10.8 Å². The van der Waals surface area contributed by atoms with Crippen LogP contribution in [0.2, 0.25) is 0 Å². The lowest BCUT2D eigenvalue weighted by atomic mass is 9.77. The zero-order valence-corrected chi connectivity index (χ0v) is 31.3. The Morgan fingerprint density at radius 3 is 1.43 bits per heavy atom. The predicted octanol–water partition coefficient (Wildman–Crippen LogP) is 10.2. The minimum absolute atomic E-state index is 0.331. The maximum atomic E-state index is 7.12. The largest absolute Gasteiger partial charge is 0.459 e. The van der Waals surface area contributed by atoms with Crippen LogP contribution in [0.4, 0.5) is 22.7 Å². The molecule has 0 fully saturated rings. The Hall–Kier alpha value is -5.76. The summed E-state index contributed by atoms with van der Waals surface area (Å²) in [6.07, 6.45) is 15.7. The summed E-state index contributed by atoms with van der Waals surface area (Å²) in [5.41, 5.74) is 4.55. The molecule has 0 N–H and O–H groups in total. The minimum Gasteiger partial charge on any atom is -0.459 e. The lowest BCUT2D eigenvalue weighted by Crippen LogP contribution is -2.62.